The van der Waals surface area contributed by atoms with Crippen LogP contribution in [0.25, 0.3) is 11.1 Å². The molecule has 2 unspecified atom stereocenters. The minimum absolute atomic E-state index is 0.0292. The first-order valence-electron chi connectivity index (χ1n) is 10.3. The van der Waals surface area contributed by atoms with Gasteiger partial charge in [-0.3, -0.25) is 9.78 Å². The molecule has 2 aromatic rings. The number of hydrogen-bond acceptors (Lipinski definition) is 3. The van der Waals surface area contributed by atoms with E-state index < -0.39 is 5.97 Å². The van der Waals surface area contributed by atoms with Crippen LogP contribution in [-0.2, 0) is 4.79 Å². The van der Waals surface area contributed by atoms with E-state index in [1.807, 2.05) is 18.2 Å². The van der Waals surface area contributed by atoms with E-state index in [9.17, 15) is 14.7 Å². The van der Waals surface area contributed by atoms with Crippen molar-refractivity contribution in [3.8, 4) is 11.1 Å². The number of amides is 1. The summed E-state index contributed by atoms with van der Waals surface area (Å²) in [5, 5.41) is 12.8. The van der Waals surface area contributed by atoms with Crippen molar-refractivity contribution < 1.29 is 14.7 Å². The second-order valence-corrected chi connectivity index (χ2v) is 8.52. The molecule has 6 heteroatoms. The van der Waals surface area contributed by atoms with Crippen LogP contribution < -0.4 is 5.32 Å². The summed E-state index contributed by atoms with van der Waals surface area (Å²) >= 11 is 6.75. The van der Waals surface area contributed by atoms with Gasteiger partial charge in [0.2, 0.25) is 5.91 Å². The first-order valence-corrected chi connectivity index (χ1v) is 10.7. The third-order valence-corrected chi connectivity index (χ3v) is 6.69. The van der Waals surface area contributed by atoms with Crippen LogP contribution in [-0.4, -0.2) is 28.5 Å². The van der Waals surface area contributed by atoms with Crippen LogP contribution in [0.3, 0.4) is 0 Å². The van der Waals surface area contributed by atoms with Gasteiger partial charge < -0.3 is 10.4 Å². The molecule has 2 fully saturated rings. The molecule has 29 heavy (non-hydrogen) atoms. The van der Waals surface area contributed by atoms with Gasteiger partial charge in [-0.1, -0.05) is 43.0 Å². The van der Waals surface area contributed by atoms with E-state index in [1.165, 1.54) is 25.5 Å². The molecule has 1 saturated carbocycles. The molecule has 1 aromatic carbocycles. The maximum atomic E-state index is 12.5. The zero-order valence-corrected chi connectivity index (χ0v) is 17.0. The average Bonchev–Trinajstić information content (AvgIpc) is 3.16. The maximum absolute atomic E-state index is 12.5. The normalized spacial score (nSPS) is 21.0. The number of aromatic carboxylic acids is 1. The van der Waals surface area contributed by atoms with Gasteiger partial charge in [-0.25, -0.2) is 4.79 Å². The molecule has 1 aliphatic heterocycles. The summed E-state index contributed by atoms with van der Waals surface area (Å²) in [6.07, 6.45) is 9.77. The van der Waals surface area contributed by atoms with E-state index in [1.54, 1.807) is 12.3 Å². The Bertz CT molecular complexity index is 924. The van der Waals surface area contributed by atoms with Gasteiger partial charge in [-0.2, -0.15) is 0 Å². The molecule has 0 bridgehead atoms. The Morgan fingerprint density at radius 2 is 1.90 bits per heavy atom. The van der Waals surface area contributed by atoms with Crippen LogP contribution in [0.1, 0.15) is 60.4 Å². The molecule has 2 aliphatic rings. The standard InChI is InChI=1S/C23H25ClN2O3/c24-20-11-15(16-10-17(23(28)29)13-25-12-16)6-7-18(20)21(14-4-2-1-3-5-14)19-8-9-26-22(19)27/h6-7,10-14,19,21H,1-5,8-9H2,(H,26,27)(H,28,29). The van der Waals surface area contributed by atoms with Crippen LogP contribution >= 0.6 is 11.6 Å². The number of carboxylic acid groups (broad SMARTS) is 1. The first kappa shape index (κ1) is 19.9. The van der Waals surface area contributed by atoms with Gasteiger partial charge in [-0.05, 0) is 54.4 Å². The van der Waals surface area contributed by atoms with Gasteiger partial charge in [-0.15, -0.1) is 0 Å². The van der Waals surface area contributed by atoms with Crippen molar-refractivity contribution in [3.05, 3.63) is 52.8 Å². The molecule has 5 nitrogen and oxygen atoms in total. The zero-order chi connectivity index (χ0) is 20.4. The Balaban J connectivity index is 1.69. The topological polar surface area (TPSA) is 79.3 Å². The van der Waals surface area contributed by atoms with E-state index >= 15 is 0 Å². The second-order valence-electron chi connectivity index (χ2n) is 8.11. The molecule has 2 atom stereocenters. The summed E-state index contributed by atoms with van der Waals surface area (Å²) in [5.74, 6) is -0.301. The molecule has 1 aliphatic carbocycles. The molecular weight excluding hydrogens is 388 g/mol. The zero-order valence-electron chi connectivity index (χ0n) is 16.2. The predicted molar refractivity (Wildman–Crippen MR) is 112 cm³/mol. The number of nitrogens with zero attached hydrogens (tertiary/aromatic N) is 1. The molecule has 0 radical (unpaired) electrons. The fourth-order valence-electron chi connectivity index (χ4n) is 4.94. The molecule has 1 aromatic heterocycles. The average molecular weight is 413 g/mol. The van der Waals surface area contributed by atoms with Gasteiger partial charge in [0, 0.05) is 35.4 Å². The molecule has 152 valence electrons. The molecule has 1 saturated heterocycles. The monoisotopic (exact) mass is 412 g/mol. The Kier molecular flexibility index (Phi) is 5.86. The van der Waals surface area contributed by atoms with Gasteiger partial charge in [0.05, 0.1) is 5.56 Å². The number of carbonyl (C=O) groups is 2. The molecular formula is C23H25ClN2O3. The number of carbonyl (C=O) groups excluding carboxylic acids is 1. The highest BCUT2D eigenvalue weighted by atomic mass is 35.5. The van der Waals surface area contributed by atoms with E-state index in [0.29, 0.717) is 16.5 Å². The summed E-state index contributed by atoms with van der Waals surface area (Å²) in [6, 6.07) is 7.47. The summed E-state index contributed by atoms with van der Waals surface area (Å²) in [7, 11) is 0. The Morgan fingerprint density at radius 3 is 2.55 bits per heavy atom. The second kappa shape index (κ2) is 8.54. The van der Waals surface area contributed by atoms with Crippen LogP contribution in [0.2, 0.25) is 5.02 Å². The number of rotatable bonds is 5. The van der Waals surface area contributed by atoms with Crippen molar-refractivity contribution in [2.75, 3.05) is 6.54 Å². The minimum Gasteiger partial charge on any atom is -0.478 e. The number of hydrogen-bond donors (Lipinski definition) is 2. The van der Waals surface area contributed by atoms with Crippen molar-refractivity contribution in [2.24, 2.45) is 11.8 Å². The molecule has 2 N–H and O–H groups in total. The van der Waals surface area contributed by atoms with Gasteiger partial charge in [0.25, 0.3) is 0 Å². The highest BCUT2D eigenvalue weighted by Crippen LogP contribution is 2.45. The number of pyridine rings is 1. The lowest BCUT2D eigenvalue weighted by molar-refractivity contribution is -0.123. The van der Waals surface area contributed by atoms with Crippen molar-refractivity contribution >= 4 is 23.5 Å². The highest BCUT2D eigenvalue weighted by molar-refractivity contribution is 6.31. The summed E-state index contributed by atoms with van der Waals surface area (Å²) in [5.41, 5.74) is 2.72. The largest absolute Gasteiger partial charge is 0.478 e. The van der Waals surface area contributed by atoms with Crippen molar-refractivity contribution in [3.63, 3.8) is 0 Å². The Labute approximate surface area is 175 Å². The molecule has 4 rings (SSSR count). The lowest BCUT2D eigenvalue weighted by Gasteiger charge is -2.34. The van der Waals surface area contributed by atoms with Crippen molar-refractivity contribution in [1.29, 1.82) is 0 Å². The van der Waals surface area contributed by atoms with E-state index in [0.717, 1.165) is 36.9 Å². The smallest absolute Gasteiger partial charge is 0.337 e. The van der Waals surface area contributed by atoms with E-state index in [4.69, 9.17) is 11.6 Å². The van der Waals surface area contributed by atoms with Crippen molar-refractivity contribution in [1.82, 2.24) is 10.3 Å². The number of aromatic nitrogens is 1. The summed E-state index contributed by atoms with van der Waals surface area (Å²) in [4.78, 5) is 27.8. The number of halogens is 1. The minimum atomic E-state index is -1.01. The lowest BCUT2D eigenvalue weighted by Crippen LogP contribution is -2.29. The number of nitrogens with one attached hydrogen (secondary N) is 1. The van der Waals surface area contributed by atoms with E-state index in [-0.39, 0.29) is 23.3 Å². The summed E-state index contributed by atoms with van der Waals surface area (Å²) in [6.45, 7) is 0.732. The number of carboxylic acids is 1. The third kappa shape index (κ3) is 4.15. The maximum Gasteiger partial charge on any atom is 0.337 e. The SMILES string of the molecule is O=C(O)c1cncc(-c2ccc(C(C3CCCCC3)C3CCNC3=O)c(Cl)c2)c1. The first-order chi connectivity index (χ1) is 14.0. The van der Waals surface area contributed by atoms with E-state index in [2.05, 4.69) is 10.3 Å². The van der Waals surface area contributed by atoms with Gasteiger partial charge in [0.15, 0.2) is 0 Å². The Morgan fingerprint density at radius 1 is 1.10 bits per heavy atom. The van der Waals surface area contributed by atoms with Crippen LogP contribution in [0, 0.1) is 11.8 Å². The Hall–Kier alpha value is -2.40. The third-order valence-electron chi connectivity index (χ3n) is 6.36. The quantitative estimate of drug-likeness (QED) is 0.731. The van der Waals surface area contributed by atoms with Crippen LogP contribution in [0.5, 0.6) is 0 Å². The molecule has 1 amide bonds. The van der Waals surface area contributed by atoms with Crippen LogP contribution in [0.4, 0.5) is 0 Å². The van der Waals surface area contributed by atoms with Gasteiger partial charge in [0.1, 0.15) is 0 Å². The lowest BCUT2D eigenvalue weighted by atomic mass is 9.70. The van der Waals surface area contributed by atoms with Gasteiger partial charge >= 0.3 is 5.97 Å². The highest BCUT2D eigenvalue weighted by Gasteiger charge is 2.39. The molecule has 2 heterocycles. The number of benzene rings is 1. The fourth-order valence-corrected chi connectivity index (χ4v) is 5.25. The van der Waals surface area contributed by atoms with Crippen molar-refractivity contribution in [2.45, 2.75) is 44.4 Å². The molecule has 0 spiro atoms. The van der Waals surface area contributed by atoms with Crippen LogP contribution in [0.15, 0.2) is 36.7 Å². The predicted octanol–water partition coefficient (Wildman–Crippen LogP) is 4.90. The summed E-state index contributed by atoms with van der Waals surface area (Å²) < 4.78 is 0. The fraction of sp³-hybridized carbons (Fsp3) is 0.435.